The van der Waals surface area contributed by atoms with E-state index in [1.807, 2.05) is 35.9 Å². The molecule has 0 amide bonds. The average molecular weight is 220 g/mol. The average Bonchev–Trinajstić information content (AvgIpc) is 2.60. The quantitative estimate of drug-likeness (QED) is 0.756. The molecule has 78 valence electrons. The summed E-state index contributed by atoms with van der Waals surface area (Å²) in [5.41, 5.74) is 7.67. The van der Waals surface area contributed by atoms with Crippen LogP contribution in [0.15, 0.2) is 24.3 Å². The molecule has 3 N–H and O–H groups in total. The van der Waals surface area contributed by atoms with Crippen LogP contribution in [0.1, 0.15) is 5.56 Å². The monoisotopic (exact) mass is 220 g/mol. The number of hydrogen-bond donors (Lipinski definition) is 2. The van der Waals surface area contributed by atoms with Crippen LogP contribution in [0.2, 0.25) is 0 Å². The summed E-state index contributed by atoms with van der Waals surface area (Å²) >= 11 is 5.05. The molecular formula is C10H12N4S. The molecule has 15 heavy (non-hydrogen) atoms. The maximum atomic E-state index is 5.53. The van der Waals surface area contributed by atoms with E-state index in [1.54, 1.807) is 0 Å². The van der Waals surface area contributed by atoms with Crippen LogP contribution in [0.3, 0.4) is 0 Å². The van der Waals surface area contributed by atoms with E-state index in [0.717, 1.165) is 17.0 Å². The molecule has 0 aliphatic rings. The van der Waals surface area contributed by atoms with Crippen LogP contribution >= 0.6 is 12.2 Å². The predicted octanol–water partition coefficient (Wildman–Crippen LogP) is 1.60. The third kappa shape index (κ3) is 1.84. The lowest BCUT2D eigenvalue weighted by Crippen LogP contribution is -1.96. The highest BCUT2D eigenvalue weighted by Crippen LogP contribution is 2.16. The van der Waals surface area contributed by atoms with Gasteiger partial charge in [0.1, 0.15) is 0 Å². The molecule has 5 heteroatoms. The standard InChI is InChI=1S/C10H12N4S/c1-14-9(12-13-10(14)15)8-4-2-7(6-11)3-5-8/h2-5H,6,11H2,1H3,(H,13,15). The van der Waals surface area contributed by atoms with Crippen molar-refractivity contribution in [3.05, 3.63) is 34.6 Å². The number of rotatable bonds is 2. The van der Waals surface area contributed by atoms with Crippen molar-refractivity contribution in [1.82, 2.24) is 14.8 Å². The maximum absolute atomic E-state index is 5.53. The fourth-order valence-electron chi connectivity index (χ4n) is 1.40. The van der Waals surface area contributed by atoms with Gasteiger partial charge < -0.3 is 10.3 Å². The molecule has 0 radical (unpaired) electrons. The molecular weight excluding hydrogens is 208 g/mol. The molecule has 0 aliphatic heterocycles. The summed E-state index contributed by atoms with van der Waals surface area (Å²) in [5.74, 6) is 0.837. The molecule has 4 nitrogen and oxygen atoms in total. The third-order valence-electron chi connectivity index (χ3n) is 2.33. The summed E-state index contributed by atoms with van der Waals surface area (Å²) in [6, 6.07) is 7.97. The minimum Gasteiger partial charge on any atom is -0.326 e. The van der Waals surface area contributed by atoms with E-state index >= 15 is 0 Å². The molecule has 0 spiro atoms. The van der Waals surface area contributed by atoms with Gasteiger partial charge in [-0.2, -0.15) is 5.10 Å². The fraction of sp³-hybridized carbons (Fsp3) is 0.200. The van der Waals surface area contributed by atoms with Crippen LogP contribution in [0.5, 0.6) is 0 Å². The van der Waals surface area contributed by atoms with Crippen LogP contribution in [0, 0.1) is 4.77 Å². The summed E-state index contributed by atoms with van der Waals surface area (Å²) in [7, 11) is 1.89. The molecule has 0 saturated heterocycles. The van der Waals surface area contributed by atoms with Crippen LogP contribution in [-0.2, 0) is 13.6 Å². The number of nitrogens with one attached hydrogen (secondary N) is 1. The van der Waals surface area contributed by atoms with Crippen molar-refractivity contribution in [1.29, 1.82) is 0 Å². The predicted molar refractivity (Wildman–Crippen MR) is 61.7 cm³/mol. The van der Waals surface area contributed by atoms with Crippen LogP contribution < -0.4 is 5.73 Å². The largest absolute Gasteiger partial charge is 0.326 e. The van der Waals surface area contributed by atoms with E-state index < -0.39 is 0 Å². The number of hydrogen-bond acceptors (Lipinski definition) is 3. The zero-order valence-corrected chi connectivity index (χ0v) is 9.21. The number of H-pyrrole nitrogens is 1. The molecule has 1 aromatic heterocycles. The van der Waals surface area contributed by atoms with Crippen molar-refractivity contribution in [3.8, 4) is 11.4 Å². The highest BCUT2D eigenvalue weighted by atomic mass is 32.1. The van der Waals surface area contributed by atoms with E-state index in [4.69, 9.17) is 18.0 Å². The van der Waals surface area contributed by atoms with Crippen molar-refractivity contribution in [2.75, 3.05) is 0 Å². The second-order valence-corrected chi connectivity index (χ2v) is 3.70. The van der Waals surface area contributed by atoms with Gasteiger partial charge in [0.15, 0.2) is 10.6 Å². The molecule has 1 heterocycles. The van der Waals surface area contributed by atoms with Crippen LogP contribution in [0.4, 0.5) is 0 Å². The van der Waals surface area contributed by atoms with Gasteiger partial charge in [-0.25, -0.2) is 0 Å². The number of aromatic nitrogens is 3. The number of nitrogens with zero attached hydrogens (tertiary/aromatic N) is 2. The molecule has 0 fully saturated rings. The topological polar surface area (TPSA) is 59.6 Å². The summed E-state index contributed by atoms with van der Waals surface area (Å²) in [6.45, 7) is 0.555. The van der Waals surface area contributed by atoms with Crippen molar-refractivity contribution < 1.29 is 0 Å². The zero-order valence-electron chi connectivity index (χ0n) is 8.40. The Kier molecular flexibility index (Phi) is 2.66. The molecule has 2 aromatic rings. The maximum Gasteiger partial charge on any atom is 0.195 e. The lowest BCUT2D eigenvalue weighted by Gasteiger charge is -2.01. The second-order valence-electron chi connectivity index (χ2n) is 3.31. The smallest absolute Gasteiger partial charge is 0.195 e. The summed E-state index contributed by atoms with van der Waals surface area (Å²) in [6.07, 6.45) is 0. The molecule has 0 aliphatic carbocycles. The molecule has 0 atom stereocenters. The molecule has 1 aromatic carbocycles. The van der Waals surface area contributed by atoms with Crippen molar-refractivity contribution in [3.63, 3.8) is 0 Å². The Morgan fingerprint density at radius 1 is 1.40 bits per heavy atom. The first-order valence-electron chi connectivity index (χ1n) is 4.63. The Morgan fingerprint density at radius 2 is 2.07 bits per heavy atom. The lowest BCUT2D eigenvalue weighted by atomic mass is 10.1. The summed E-state index contributed by atoms with van der Waals surface area (Å²) in [4.78, 5) is 0. The first-order valence-corrected chi connectivity index (χ1v) is 5.04. The van der Waals surface area contributed by atoms with E-state index in [1.165, 1.54) is 0 Å². The van der Waals surface area contributed by atoms with Gasteiger partial charge in [0.05, 0.1) is 0 Å². The Bertz CT molecular complexity index is 509. The second kappa shape index (κ2) is 3.96. The van der Waals surface area contributed by atoms with Gasteiger partial charge in [-0.05, 0) is 17.8 Å². The van der Waals surface area contributed by atoms with Gasteiger partial charge in [0, 0.05) is 19.2 Å². The zero-order chi connectivity index (χ0) is 10.8. The summed E-state index contributed by atoms with van der Waals surface area (Å²) < 4.78 is 2.46. The van der Waals surface area contributed by atoms with Gasteiger partial charge in [-0.1, -0.05) is 24.3 Å². The van der Waals surface area contributed by atoms with Gasteiger partial charge in [-0.3, -0.25) is 5.10 Å². The van der Waals surface area contributed by atoms with E-state index in [0.29, 0.717) is 11.3 Å². The van der Waals surface area contributed by atoms with Gasteiger partial charge in [-0.15, -0.1) is 0 Å². The molecule has 0 saturated carbocycles. The van der Waals surface area contributed by atoms with Crippen LogP contribution in [-0.4, -0.2) is 14.8 Å². The normalized spacial score (nSPS) is 10.5. The summed E-state index contributed by atoms with van der Waals surface area (Å²) in [5, 5.41) is 6.91. The SMILES string of the molecule is Cn1c(-c2ccc(CN)cc2)n[nH]c1=S. The van der Waals surface area contributed by atoms with Crippen molar-refractivity contribution >= 4 is 12.2 Å². The Balaban J connectivity index is 2.46. The Labute approximate surface area is 92.7 Å². The Morgan fingerprint density at radius 3 is 2.53 bits per heavy atom. The highest BCUT2D eigenvalue weighted by Gasteiger charge is 2.04. The van der Waals surface area contributed by atoms with E-state index in [-0.39, 0.29) is 0 Å². The number of benzene rings is 1. The lowest BCUT2D eigenvalue weighted by molar-refractivity contribution is 0.901. The van der Waals surface area contributed by atoms with Crippen molar-refractivity contribution in [2.45, 2.75) is 6.54 Å². The first kappa shape index (κ1) is 10.1. The van der Waals surface area contributed by atoms with Gasteiger partial charge in [0.2, 0.25) is 0 Å². The molecule has 0 unspecified atom stereocenters. The Hall–Kier alpha value is -1.46. The minimum atomic E-state index is 0.555. The minimum absolute atomic E-state index is 0.555. The van der Waals surface area contributed by atoms with E-state index in [9.17, 15) is 0 Å². The highest BCUT2D eigenvalue weighted by molar-refractivity contribution is 7.71. The third-order valence-corrected chi connectivity index (χ3v) is 2.69. The first-order chi connectivity index (χ1) is 7.22. The fourth-order valence-corrected chi connectivity index (χ4v) is 1.53. The van der Waals surface area contributed by atoms with Gasteiger partial charge >= 0.3 is 0 Å². The van der Waals surface area contributed by atoms with Crippen molar-refractivity contribution in [2.24, 2.45) is 12.8 Å². The van der Waals surface area contributed by atoms with Gasteiger partial charge in [0.25, 0.3) is 0 Å². The number of nitrogens with two attached hydrogens (primary N) is 1. The number of aromatic amines is 1. The molecule has 2 rings (SSSR count). The van der Waals surface area contributed by atoms with E-state index in [2.05, 4.69) is 10.2 Å². The van der Waals surface area contributed by atoms with Crippen LogP contribution in [0.25, 0.3) is 11.4 Å². The molecule has 0 bridgehead atoms.